The maximum Gasteiger partial charge on any atom is 0.329 e. The summed E-state index contributed by atoms with van der Waals surface area (Å²) < 4.78 is 47.8. The highest BCUT2D eigenvalue weighted by molar-refractivity contribution is 6.39. The smallest absolute Gasteiger partial charge is 0.329 e. The fraction of sp³-hybridized carbons (Fsp3) is 0.746. The lowest BCUT2D eigenvalue weighted by atomic mass is 9.78. The third kappa shape index (κ3) is 17.1. The number of cyclic esters (lactones) is 1. The van der Waals surface area contributed by atoms with Crippen LogP contribution in [0.3, 0.4) is 0 Å². The molecule has 3 saturated heterocycles. The number of Topliss-reactive ketones (excluding diaryl/α,β-unsaturated/α-hetero) is 3. The fourth-order valence-corrected chi connectivity index (χ4v) is 11.5. The van der Waals surface area contributed by atoms with Gasteiger partial charge in [0.15, 0.2) is 11.6 Å². The Hall–Kier alpha value is -3.71. The minimum absolute atomic E-state index is 0.0136. The van der Waals surface area contributed by atoms with E-state index in [0.717, 1.165) is 18.4 Å². The van der Waals surface area contributed by atoms with E-state index in [9.17, 15) is 34.2 Å². The van der Waals surface area contributed by atoms with E-state index < -0.39 is 83.5 Å². The van der Waals surface area contributed by atoms with E-state index >= 15 is 0 Å². The molecule has 4 heterocycles. The second-order valence-corrected chi connectivity index (χ2v) is 22.7. The second kappa shape index (κ2) is 28.8. The van der Waals surface area contributed by atoms with Crippen LogP contribution in [-0.4, -0.2) is 152 Å². The summed E-state index contributed by atoms with van der Waals surface area (Å²) in [7, 11) is 4.64. The number of amides is 1. The zero-order valence-corrected chi connectivity index (χ0v) is 47.0. The monoisotopic (exact) mass is 1050 g/mol. The van der Waals surface area contributed by atoms with Crippen molar-refractivity contribution < 1.29 is 72.1 Å². The van der Waals surface area contributed by atoms with E-state index in [-0.39, 0.29) is 67.0 Å². The highest BCUT2D eigenvalue weighted by atomic mass is 16.7. The summed E-state index contributed by atoms with van der Waals surface area (Å²) in [5.74, 6) is -8.57. The molecular weight excluding hydrogens is 963 g/mol. The van der Waals surface area contributed by atoms with Gasteiger partial charge in [0.25, 0.3) is 11.7 Å². The molecule has 0 spiro atoms. The van der Waals surface area contributed by atoms with Gasteiger partial charge in [-0.05, 0) is 121 Å². The topological polar surface area (TPSA) is 203 Å². The molecule has 422 valence electrons. The van der Waals surface area contributed by atoms with Gasteiger partial charge in [-0.3, -0.25) is 19.2 Å². The van der Waals surface area contributed by atoms with Crippen LogP contribution in [0.5, 0.6) is 0 Å². The average Bonchev–Trinajstić information content (AvgIpc) is 3.74. The third-order valence-electron chi connectivity index (χ3n) is 16.2. The van der Waals surface area contributed by atoms with Crippen LogP contribution in [0.4, 0.5) is 0 Å². The number of carbonyl (C=O) groups is 5. The van der Waals surface area contributed by atoms with Crippen LogP contribution >= 0.6 is 0 Å². The Morgan fingerprint density at radius 3 is 2.28 bits per heavy atom. The van der Waals surface area contributed by atoms with Crippen molar-refractivity contribution in [2.24, 2.45) is 35.5 Å². The Labute approximate surface area is 446 Å². The fourth-order valence-electron chi connectivity index (χ4n) is 11.5. The molecule has 16 heteroatoms. The van der Waals surface area contributed by atoms with Crippen LogP contribution in [0, 0.1) is 35.5 Å². The van der Waals surface area contributed by atoms with Crippen LogP contribution in [0.15, 0.2) is 59.8 Å². The van der Waals surface area contributed by atoms with Gasteiger partial charge in [0.05, 0.1) is 37.6 Å². The van der Waals surface area contributed by atoms with Crippen molar-refractivity contribution in [2.75, 3.05) is 41.1 Å². The number of nitrogens with zero attached hydrogens (tertiary/aromatic N) is 1. The number of methoxy groups -OCH3 is 3. The standard InChI is InChI=1S/C59H91NO15/c1-36-19-14-13-15-20-37(2)49(68-10)33-44-25-23-42(7)59(67,75-44)55(64)56(65)60-27-17-16-22-46(60)57(66)73-50(34-47(61)38(3)30-41(6)53(63)54(70-12)52(62)40(5)29-36)39(4)31-43-24-26-48(51(32-43)69-11)71-28-18-21-45-35-72-58(8,9)74-45/h13-15,18-21,30,36,38-40,42-46,48-51,53-54,63,67H,16-17,22-29,31-35H2,1-12H3/b15-13+,19-14+,21-18+,37-20+,41-30+/t36-,38-,39-,40-,42-,43+,44?,45+,46?,48-,49+,50+,51-,53-,54+,59-/m1/s1. The first-order valence-electron chi connectivity index (χ1n) is 27.6. The largest absolute Gasteiger partial charge is 0.460 e. The normalized spacial score (nSPS) is 39.5. The lowest BCUT2D eigenvalue weighted by Gasteiger charge is -2.42. The molecule has 1 saturated carbocycles. The summed E-state index contributed by atoms with van der Waals surface area (Å²) in [5.41, 5.74) is 1.27. The number of carbonyl (C=O) groups excluding carboxylic acids is 5. The van der Waals surface area contributed by atoms with Crippen LogP contribution in [-0.2, 0) is 61.9 Å². The van der Waals surface area contributed by atoms with Crippen LogP contribution in [0.1, 0.15) is 139 Å². The maximum atomic E-state index is 14.6. The van der Waals surface area contributed by atoms with E-state index in [1.54, 1.807) is 41.1 Å². The summed E-state index contributed by atoms with van der Waals surface area (Å²) in [4.78, 5) is 72.7. The summed E-state index contributed by atoms with van der Waals surface area (Å²) in [5, 5.41) is 23.6. The molecule has 16 nitrogen and oxygen atoms in total. The molecular formula is C59H91NO15. The van der Waals surface area contributed by atoms with Crippen molar-refractivity contribution in [1.82, 2.24) is 4.90 Å². The van der Waals surface area contributed by atoms with Gasteiger partial charge < -0.3 is 53.0 Å². The molecule has 2 N–H and O–H groups in total. The predicted molar refractivity (Wildman–Crippen MR) is 283 cm³/mol. The molecule has 0 radical (unpaired) electrons. The molecule has 16 atom stereocenters. The number of piperidine rings is 1. The molecule has 0 aromatic rings. The Balaban J connectivity index is 1.41. The van der Waals surface area contributed by atoms with Gasteiger partial charge in [-0.15, -0.1) is 0 Å². The van der Waals surface area contributed by atoms with E-state index in [2.05, 4.69) is 0 Å². The van der Waals surface area contributed by atoms with Crippen molar-refractivity contribution in [1.29, 1.82) is 0 Å². The minimum Gasteiger partial charge on any atom is -0.460 e. The predicted octanol–water partition coefficient (Wildman–Crippen LogP) is 7.91. The molecule has 4 fully saturated rings. The number of aliphatic hydroxyl groups excluding tert-OH is 1. The number of rotatable bonds is 10. The van der Waals surface area contributed by atoms with Gasteiger partial charge >= 0.3 is 5.97 Å². The summed E-state index contributed by atoms with van der Waals surface area (Å²) in [6.07, 6.45) is 15.9. The molecule has 5 aliphatic rings. The van der Waals surface area contributed by atoms with Gasteiger partial charge in [0.2, 0.25) is 5.79 Å². The lowest BCUT2D eigenvalue weighted by Crippen LogP contribution is -2.61. The van der Waals surface area contributed by atoms with Crippen LogP contribution < -0.4 is 0 Å². The minimum atomic E-state index is -2.44. The molecule has 0 aromatic carbocycles. The van der Waals surface area contributed by atoms with Crippen molar-refractivity contribution >= 4 is 29.2 Å². The number of ketones is 3. The first-order chi connectivity index (χ1) is 35.5. The number of aliphatic hydroxyl groups is 2. The first-order valence-corrected chi connectivity index (χ1v) is 27.6. The first kappa shape index (κ1) is 62.1. The lowest BCUT2D eigenvalue weighted by molar-refractivity contribution is -0.265. The van der Waals surface area contributed by atoms with Crippen molar-refractivity contribution in [3.05, 3.63) is 59.8 Å². The number of hydrogen-bond acceptors (Lipinski definition) is 15. The molecule has 1 aliphatic carbocycles. The highest BCUT2D eigenvalue weighted by Gasteiger charge is 2.53. The third-order valence-corrected chi connectivity index (χ3v) is 16.2. The molecule has 5 rings (SSSR count). The number of fused-ring (bicyclic) bond motifs is 3. The van der Waals surface area contributed by atoms with Gasteiger partial charge in [-0.2, -0.15) is 0 Å². The van der Waals surface area contributed by atoms with E-state index in [1.807, 2.05) is 84.1 Å². The van der Waals surface area contributed by atoms with Gasteiger partial charge in [0.1, 0.15) is 36.2 Å². The number of allylic oxidation sites excluding steroid dienone is 6. The Kier molecular flexibility index (Phi) is 23.8. The second-order valence-electron chi connectivity index (χ2n) is 22.7. The van der Waals surface area contributed by atoms with Gasteiger partial charge in [0, 0.05) is 58.5 Å². The Morgan fingerprint density at radius 1 is 0.853 bits per heavy atom. The number of hydrogen-bond donors (Lipinski definition) is 2. The number of esters is 1. The molecule has 4 aliphatic heterocycles. The molecule has 2 bridgehead atoms. The molecule has 1 amide bonds. The molecule has 0 aromatic heterocycles. The highest BCUT2D eigenvalue weighted by Crippen LogP contribution is 2.38. The zero-order chi connectivity index (χ0) is 55.2. The van der Waals surface area contributed by atoms with Gasteiger partial charge in [-0.1, -0.05) is 83.2 Å². The summed E-state index contributed by atoms with van der Waals surface area (Å²) in [6, 6.07) is -1.15. The van der Waals surface area contributed by atoms with Crippen molar-refractivity contribution in [3.63, 3.8) is 0 Å². The zero-order valence-electron chi connectivity index (χ0n) is 47.0. The number of ether oxygens (including phenoxy) is 8. The average molecular weight is 1050 g/mol. The van der Waals surface area contributed by atoms with Crippen LogP contribution in [0.2, 0.25) is 0 Å². The Bertz CT molecular complexity index is 2080. The SMILES string of the molecule is CO[C@H]1CC2CC[C@@H](C)[C@@](O)(O2)C(=O)C(=O)N2CCCCC2C(=O)O[C@H]([C@H](C)C[C@@H]2CC[C@@H](OC/C=C/[C@H]3COC(C)(C)O3)[C@H](OC)C2)CC(=O)[C@H](C)/C=C(\C)[C@@H](O)[C@@H](OC)C(=O)[C@H](C)C[C@H](C)/C=C/C=C/C=C/1C. The van der Waals surface area contributed by atoms with Crippen molar-refractivity contribution in [2.45, 2.75) is 206 Å². The maximum absolute atomic E-state index is 14.6. The molecule has 2 unspecified atom stereocenters. The van der Waals surface area contributed by atoms with E-state index in [4.69, 9.17) is 37.9 Å². The van der Waals surface area contributed by atoms with Gasteiger partial charge in [-0.25, -0.2) is 4.79 Å². The van der Waals surface area contributed by atoms with Crippen LogP contribution in [0.25, 0.3) is 0 Å². The van der Waals surface area contributed by atoms with E-state index in [1.165, 1.54) is 12.0 Å². The quantitative estimate of drug-likeness (QED) is 0.121. The van der Waals surface area contributed by atoms with Crippen molar-refractivity contribution in [3.8, 4) is 0 Å². The summed E-state index contributed by atoms with van der Waals surface area (Å²) in [6.45, 7) is 17.5. The summed E-state index contributed by atoms with van der Waals surface area (Å²) >= 11 is 0. The molecule has 75 heavy (non-hydrogen) atoms. The van der Waals surface area contributed by atoms with E-state index in [0.29, 0.717) is 70.2 Å². The Morgan fingerprint density at radius 2 is 1.60 bits per heavy atom.